The normalized spacial score (nSPS) is 11.5. The zero-order valence-corrected chi connectivity index (χ0v) is 15.9. The van der Waals surface area contributed by atoms with Crippen LogP contribution in [0.2, 0.25) is 0 Å². The number of hydrogen-bond donors (Lipinski definition) is 1. The summed E-state index contributed by atoms with van der Waals surface area (Å²) >= 11 is 3.32. The third-order valence-electron chi connectivity index (χ3n) is 3.62. The third-order valence-corrected chi connectivity index (χ3v) is 4.15. The van der Waals surface area contributed by atoms with E-state index in [0.717, 1.165) is 15.6 Å². The Morgan fingerprint density at radius 2 is 1.76 bits per heavy atom. The van der Waals surface area contributed by atoms with Crippen molar-refractivity contribution in [1.29, 1.82) is 0 Å². The molecule has 2 aromatic rings. The second-order valence-electron chi connectivity index (χ2n) is 5.66. The van der Waals surface area contributed by atoms with E-state index in [2.05, 4.69) is 21.2 Å². The quantitative estimate of drug-likeness (QED) is 0.737. The number of carbonyl (C=O) groups is 2. The zero-order chi connectivity index (χ0) is 18.4. The topological polar surface area (TPSA) is 64.6 Å². The van der Waals surface area contributed by atoms with Crippen molar-refractivity contribution in [2.45, 2.75) is 26.9 Å². The van der Waals surface area contributed by atoms with Crippen LogP contribution in [-0.2, 0) is 14.3 Å². The fourth-order valence-electron chi connectivity index (χ4n) is 2.01. The number of esters is 1. The number of halogens is 1. The van der Waals surface area contributed by atoms with Gasteiger partial charge in [-0.25, -0.2) is 4.79 Å². The van der Waals surface area contributed by atoms with Crippen LogP contribution in [0.4, 0.5) is 5.69 Å². The number of aryl methyl sites for hydroxylation is 2. The first-order chi connectivity index (χ1) is 11.8. The maximum Gasteiger partial charge on any atom is 0.344 e. The molecular weight excluding hydrogens is 386 g/mol. The molecule has 25 heavy (non-hydrogen) atoms. The Kier molecular flexibility index (Phi) is 6.58. The molecular formula is C19H20BrNO4. The Bertz CT molecular complexity index is 759. The van der Waals surface area contributed by atoms with Crippen LogP contribution in [0.15, 0.2) is 46.9 Å². The fourth-order valence-corrected chi connectivity index (χ4v) is 2.27. The molecule has 0 spiro atoms. The Hall–Kier alpha value is -2.34. The van der Waals surface area contributed by atoms with Gasteiger partial charge in [0.1, 0.15) is 5.75 Å². The molecule has 2 aromatic carbocycles. The van der Waals surface area contributed by atoms with Gasteiger partial charge in [-0.05, 0) is 68.3 Å². The second kappa shape index (κ2) is 8.67. The summed E-state index contributed by atoms with van der Waals surface area (Å²) in [6.45, 7) is 5.23. The molecule has 0 radical (unpaired) electrons. The highest BCUT2D eigenvalue weighted by molar-refractivity contribution is 9.10. The summed E-state index contributed by atoms with van der Waals surface area (Å²) in [5.41, 5.74) is 2.85. The standard InChI is InChI=1S/C19H20BrNO4/c1-12-4-9-17(10-13(12)2)24-11-18(22)25-14(3)19(23)21-16-7-5-15(20)6-8-16/h4-10,14H,11H2,1-3H3,(H,21,23)/t14-/m0/s1. The molecule has 0 aliphatic rings. The lowest BCUT2D eigenvalue weighted by Crippen LogP contribution is -2.31. The minimum atomic E-state index is -0.917. The van der Waals surface area contributed by atoms with E-state index >= 15 is 0 Å². The van der Waals surface area contributed by atoms with Gasteiger partial charge in [-0.2, -0.15) is 0 Å². The SMILES string of the molecule is Cc1ccc(OCC(=O)O[C@@H](C)C(=O)Nc2ccc(Br)cc2)cc1C. The average molecular weight is 406 g/mol. The lowest BCUT2D eigenvalue weighted by Gasteiger charge is -2.14. The van der Waals surface area contributed by atoms with Crippen molar-refractivity contribution >= 4 is 33.5 Å². The monoisotopic (exact) mass is 405 g/mol. The molecule has 132 valence electrons. The summed E-state index contributed by atoms with van der Waals surface area (Å²) in [6.07, 6.45) is -0.917. The second-order valence-corrected chi connectivity index (χ2v) is 6.58. The van der Waals surface area contributed by atoms with Crippen LogP contribution in [0.3, 0.4) is 0 Å². The van der Waals surface area contributed by atoms with Crippen molar-refractivity contribution in [3.05, 3.63) is 58.1 Å². The molecule has 0 saturated heterocycles. The molecule has 0 aliphatic carbocycles. The molecule has 0 aliphatic heterocycles. The minimum Gasteiger partial charge on any atom is -0.482 e. The summed E-state index contributed by atoms with van der Waals surface area (Å²) in [4.78, 5) is 23.9. The van der Waals surface area contributed by atoms with Gasteiger partial charge < -0.3 is 14.8 Å². The molecule has 0 bridgehead atoms. The number of anilines is 1. The highest BCUT2D eigenvalue weighted by Gasteiger charge is 2.18. The number of rotatable bonds is 6. The summed E-state index contributed by atoms with van der Waals surface area (Å²) in [5.74, 6) is -0.412. The summed E-state index contributed by atoms with van der Waals surface area (Å²) in [6, 6.07) is 12.7. The Morgan fingerprint density at radius 3 is 2.40 bits per heavy atom. The maximum absolute atomic E-state index is 12.0. The Balaban J connectivity index is 1.81. The van der Waals surface area contributed by atoms with Crippen LogP contribution in [0, 0.1) is 13.8 Å². The predicted molar refractivity (Wildman–Crippen MR) is 99.7 cm³/mol. The zero-order valence-electron chi connectivity index (χ0n) is 14.3. The number of carbonyl (C=O) groups excluding carboxylic acids is 2. The van der Waals surface area contributed by atoms with Gasteiger partial charge in [0, 0.05) is 10.2 Å². The fraction of sp³-hybridized carbons (Fsp3) is 0.263. The van der Waals surface area contributed by atoms with Gasteiger partial charge >= 0.3 is 5.97 Å². The van der Waals surface area contributed by atoms with E-state index in [0.29, 0.717) is 11.4 Å². The van der Waals surface area contributed by atoms with Crippen LogP contribution in [0.25, 0.3) is 0 Å². The third kappa shape index (κ3) is 5.90. The van der Waals surface area contributed by atoms with E-state index in [1.165, 1.54) is 6.92 Å². The van der Waals surface area contributed by atoms with Crippen molar-refractivity contribution in [3.8, 4) is 5.75 Å². The molecule has 1 amide bonds. The van der Waals surface area contributed by atoms with Crippen LogP contribution < -0.4 is 10.1 Å². The van der Waals surface area contributed by atoms with Crippen LogP contribution >= 0.6 is 15.9 Å². The predicted octanol–water partition coefficient (Wildman–Crippen LogP) is 4.02. The van der Waals surface area contributed by atoms with E-state index in [1.54, 1.807) is 18.2 Å². The van der Waals surface area contributed by atoms with Gasteiger partial charge in [-0.1, -0.05) is 22.0 Å². The van der Waals surface area contributed by atoms with E-state index in [-0.39, 0.29) is 6.61 Å². The summed E-state index contributed by atoms with van der Waals surface area (Å²) in [7, 11) is 0. The van der Waals surface area contributed by atoms with E-state index < -0.39 is 18.0 Å². The Morgan fingerprint density at radius 1 is 1.08 bits per heavy atom. The smallest absolute Gasteiger partial charge is 0.344 e. The number of nitrogens with one attached hydrogen (secondary N) is 1. The molecule has 6 heteroatoms. The lowest BCUT2D eigenvalue weighted by molar-refractivity contribution is -0.155. The number of ether oxygens (including phenoxy) is 2. The first-order valence-electron chi connectivity index (χ1n) is 7.81. The van der Waals surface area contributed by atoms with Crippen LogP contribution in [0.1, 0.15) is 18.1 Å². The lowest BCUT2D eigenvalue weighted by atomic mass is 10.1. The number of amides is 1. The first kappa shape index (κ1) is 19.0. The first-order valence-corrected chi connectivity index (χ1v) is 8.60. The molecule has 0 unspecified atom stereocenters. The van der Waals surface area contributed by atoms with Gasteiger partial charge in [0.15, 0.2) is 12.7 Å². The molecule has 2 rings (SSSR count). The van der Waals surface area contributed by atoms with Crippen molar-refractivity contribution in [2.24, 2.45) is 0 Å². The van der Waals surface area contributed by atoms with Gasteiger partial charge in [0.2, 0.25) is 0 Å². The van der Waals surface area contributed by atoms with Crippen molar-refractivity contribution in [2.75, 3.05) is 11.9 Å². The minimum absolute atomic E-state index is 0.252. The highest BCUT2D eigenvalue weighted by atomic mass is 79.9. The van der Waals surface area contributed by atoms with E-state index in [4.69, 9.17) is 9.47 Å². The number of benzene rings is 2. The van der Waals surface area contributed by atoms with E-state index in [1.807, 2.05) is 38.1 Å². The summed E-state index contributed by atoms with van der Waals surface area (Å²) in [5, 5.41) is 2.68. The average Bonchev–Trinajstić information content (AvgIpc) is 2.58. The van der Waals surface area contributed by atoms with Crippen molar-refractivity contribution in [1.82, 2.24) is 0 Å². The van der Waals surface area contributed by atoms with Gasteiger partial charge in [-0.3, -0.25) is 4.79 Å². The molecule has 1 atom stereocenters. The molecule has 5 nitrogen and oxygen atoms in total. The molecule has 1 N–H and O–H groups in total. The largest absolute Gasteiger partial charge is 0.482 e. The maximum atomic E-state index is 12.0. The van der Waals surface area contributed by atoms with Gasteiger partial charge in [0.25, 0.3) is 5.91 Å². The number of hydrogen-bond acceptors (Lipinski definition) is 4. The van der Waals surface area contributed by atoms with Crippen molar-refractivity contribution in [3.63, 3.8) is 0 Å². The molecule has 0 heterocycles. The van der Waals surface area contributed by atoms with Crippen LogP contribution in [0.5, 0.6) is 5.75 Å². The van der Waals surface area contributed by atoms with Gasteiger partial charge in [0.05, 0.1) is 0 Å². The molecule has 0 saturated carbocycles. The Labute approximate surface area is 155 Å². The van der Waals surface area contributed by atoms with Crippen molar-refractivity contribution < 1.29 is 19.1 Å². The molecule has 0 fully saturated rings. The highest BCUT2D eigenvalue weighted by Crippen LogP contribution is 2.17. The van der Waals surface area contributed by atoms with Crippen LogP contribution in [-0.4, -0.2) is 24.6 Å². The van der Waals surface area contributed by atoms with E-state index in [9.17, 15) is 9.59 Å². The molecule has 0 aromatic heterocycles. The van der Waals surface area contributed by atoms with Gasteiger partial charge in [-0.15, -0.1) is 0 Å². The summed E-state index contributed by atoms with van der Waals surface area (Å²) < 4.78 is 11.4.